The van der Waals surface area contributed by atoms with E-state index in [1.807, 2.05) is 0 Å². The average Bonchev–Trinajstić information content (AvgIpc) is 1.70. The Kier molecular flexibility index (Phi) is 4.86. The molecule has 16 heavy (non-hydrogen) atoms. The van der Waals surface area contributed by atoms with Crippen LogP contribution in [0.1, 0.15) is 75.2 Å². The van der Waals surface area contributed by atoms with Crippen molar-refractivity contribution in [3.63, 3.8) is 0 Å². The van der Waals surface area contributed by atoms with E-state index in [0.29, 0.717) is 16.2 Å². The average molecular weight is 224 g/mol. The molecule has 0 aliphatic heterocycles. The normalized spacial score (nSPS) is 13.8. The smallest absolute Gasteiger partial charge is 0.0200 e. The molecule has 0 nitrogen and oxygen atoms in total. The predicted molar refractivity (Wildman–Crippen MR) is 75.7 cm³/mol. The molecule has 0 heterocycles. The van der Waals surface area contributed by atoms with Crippen molar-refractivity contribution in [3.05, 3.63) is 11.6 Å². The van der Waals surface area contributed by atoms with Crippen molar-refractivity contribution in [2.45, 2.75) is 75.2 Å². The first-order chi connectivity index (χ1) is 6.79. The Balaban J connectivity index is 4.87. The second kappa shape index (κ2) is 4.94. The highest BCUT2D eigenvalue weighted by atomic mass is 14.3. The third kappa shape index (κ3) is 10.3. The van der Waals surface area contributed by atoms with E-state index in [-0.39, 0.29) is 0 Å². The minimum absolute atomic E-state index is 0.297. The second-order valence-corrected chi connectivity index (χ2v) is 8.64. The zero-order valence-electron chi connectivity index (χ0n) is 13.0. The van der Waals surface area contributed by atoms with Crippen LogP contribution in [0.4, 0.5) is 0 Å². The first-order valence-corrected chi connectivity index (χ1v) is 6.49. The van der Waals surface area contributed by atoms with E-state index < -0.39 is 0 Å². The Hall–Kier alpha value is -0.260. The maximum absolute atomic E-state index is 2.48. The van der Waals surface area contributed by atoms with Gasteiger partial charge >= 0.3 is 0 Å². The van der Waals surface area contributed by atoms with Gasteiger partial charge in [0.1, 0.15) is 0 Å². The van der Waals surface area contributed by atoms with Crippen LogP contribution in [0.3, 0.4) is 0 Å². The van der Waals surface area contributed by atoms with Crippen molar-refractivity contribution in [1.29, 1.82) is 0 Å². The van der Waals surface area contributed by atoms with Crippen molar-refractivity contribution < 1.29 is 0 Å². The molecular weight excluding hydrogens is 192 g/mol. The van der Waals surface area contributed by atoms with Crippen molar-refractivity contribution in [2.75, 3.05) is 0 Å². The van der Waals surface area contributed by atoms with Crippen LogP contribution in [0.2, 0.25) is 0 Å². The van der Waals surface area contributed by atoms with Gasteiger partial charge in [-0.3, -0.25) is 0 Å². The minimum atomic E-state index is 0.297. The van der Waals surface area contributed by atoms with Gasteiger partial charge < -0.3 is 0 Å². The molecule has 0 atom stereocenters. The molecule has 0 rings (SSSR count). The minimum Gasteiger partial charge on any atom is -0.0799 e. The molecular formula is C16H32. The van der Waals surface area contributed by atoms with Gasteiger partial charge in [0.2, 0.25) is 0 Å². The Morgan fingerprint density at radius 2 is 1.00 bits per heavy atom. The zero-order valence-corrected chi connectivity index (χ0v) is 13.0. The molecule has 0 aromatic heterocycles. The molecule has 0 saturated carbocycles. The molecule has 0 spiro atoms. The van der Waals surface area contributed by atoms with Gasteiger partial charge in [0, 0.05) is 0 Å². The second-order valence-electron chi connectivity index (χ2n) is 8.64. The maximum atomic E-state index is 2.48. The van der Waals surface area contributed by atoms with E-state index in [1.54, 1.807) is 5.57 Å². The van der Waals surface area contributed by atoms with Crippen LogP contribution in [0.5, 0.6) is 0 Å². The Bertz CT molecular complexity index is 217. The molecule has 0 bridgehead atoms. The summed E-state index contributed by atoms with van der Waals surface area (Å²) < 4.78 is 0. The summed E-state index contributed by atoms with van der Waals surface area (Å²) >= 11 is 0. The van der Waals surface area contributed by atoms with Crippen molar-refractivity contribution >= 4 is 0 Å². The standard InChI is InChI=1S/C16H32/c1-14(2,3)10-13(11-15(4,5)6)12-16(7,8)9/h10H,11-12H2,1-9H3. The number of rotatable bonds is 2. The van der Waals surface area contributed by atoms with E-state index in [0.717, 1.165) is 0 Å². The van der Waals surface area contributed by atoms with Gasteiger partial charge in [-0.05, 0) is 29.1 Å². The number of hydrogen-bond acceptors (Lipinski definition) is 0. The van der Waals surface area contributed by atoms with Gasteiger partial charge in [0.15, 0.2) is 0 Å². The molecule has 0 heteroatoms. The van der Waals surface area contributed by atoms with E-state index in [9.17, 15) is 0 Å². The van der Waals surface area contributed by atoms with Gasteiger partial charge in [-0.15, -0.1) is 0 Å². The summed E-state index contributed by atoms with van der Waals surface area (Å²) in [5.41, 5.74) is 2.70. The quantitative estimate of drug-likeness (QED) is 0.518. The number of hydrogen-bond donors (Lipinski definition) is 0. The van der Waals surface area contributed by atoms with Crippen LogP contribution in [0.25, 0.3) is 0 Å². The Labute approximate surface area is 104 Å². The maximum Gasteiger partial charge on any atom is -0.0200 e. The van der Waals surface area contributed by atoms with Gasteiger partial charge in [-0.1, -0.05) is 74.0 Å². The summed E-state index contributed by atoms with van der Waals surface area (Å²) in [6.07, 6.45) is 4.90. The topological polar surface area (TPSA) is 0 Å². The Morgan fingerprint density at radius 1 is 0.688 bits per heavy atom. The van der Waals surface area contributed by atoms with Gasteiger partial charge in [0.05, 0.1) is 0 Å². The van der Waals surface area contributed by atoms with Crippen molar-refractivity contribution in [3.8, 4) is 0 Å². The fourth-order valence-electron chi connectivity index (χ4n) is 2.14. The summed E-state index contributed by atoms with van der Waals surface area (Å²) in [5, 5.41) is 0. The zero-order chi connectivity index (χ0) is 13.2. The molecule has 0 aliphatic rings. The van der Waals surface area contributed by atoms with Gasteiger partial charge in [-0.2, -0.15) is 0 Å². The molecule has 0 aliphatic carbocycles. The predicted octanol–water partition coefficient (Wildman–Crippen LogP) is 5.83. The van der Waals surface area contributed by atoms with E-state index >= 15 is 0 Å². The number of allylic oxidation sites excluding steroid dienone is 2. The summed E-state index contributed by atoms with van der Waals surface area (Å²) in [6.45, 7) is 20.8. The van der Waals surface area contributed by atoms with Crippen LogP contribution in [0, 0.1) is 16.2 Å². The molecule has 0 aromatic carbocycles. The van der Waals surface area contributed by atoms with Crippen LogP contribution in [-0.4, -0.2) is 0 Å². The summed E-state index contributed by atoms with van der Waals surface area (Å²) in [5.74, 6) is 0. The molecule has 0 radical (unpaired) electrons. The monoisotopic (exact) mass is 224 g/mol. The highest BCUT2D eigenvalue weighted by Gasteiger charge is 2.20. The van der Waals surface area contributed by atoms with Crippen LogP contribution < -0.4 is 0 Å². The van der Waals surface area contributed by atoms with Crippen molar-refractivity contribution in [1.82, 2.24) is 0 Å². The van der Waals surface area contributed by atoms with E-state index in [4.69, 9.17) is 0 Å². The van der Waals surface area contributed by atoms with Crippen LogP contribution >= 0.6 is 0 Å². The summed E-state index contributed by atoms with van der Waals surface area (Å²) in [7, 11) is 0. The highest BCUT2D eigenvalue weighted by Crippen LogP contribution is 2.34. The Morgan fingerprint density at radius 3 is 1.19 bits per heavy atom. The third-order valence-corrected chi connectivity index (χ3v) is 2.15. The lowest BCUT2D eigenvalue weighted by molar-refractivity contribution is 0.353. The van der Waals surface area contributed by atoms with Crippen LogP contribution in [-0.2, 0) is 0 Å². The molecule has 0 fully saturated rings. The fraction of sp³-hybridized carbons (Fsp3) is 0.875. The third-order valence-electron chi connectivity index (χ3n) is 2.15. The lowest BCUT2D eigenvalue weighted by Gasteiger charge is -2.28. The van der Waals surface area contributed by atoms with Crippen molar-refractivity contribution in [2.24, 2.45) is 16.2 Å². The lowest BCUT2D eigenvalue weighted by Crippen LogP contribution is -2.14. The molecule has 0 saturated heterocycles. The van der Waals surface area contributed by atoms with E-state index in [1.165, 1.54) is 12.8 Å². The fourth-order valence-corrected chi connectivity index (χ4v) is 2.14. The first kappa shape index (κ1) is 15.7. The summed E-state index contributed by atoms with van der Waals surface area (Å²) in [6, 6.07) is 0. The molecule has 0 unspecified atom stereocenters. The molecule has 0 N–H and O–H groups in total. The molecule has 0 aromatic rings. The highest BCUT2D eigenvalue weighted by molar-refractivity contribution is 5.10. The first-order valence-electron chi connectivity index (χ1n) is 6.49. The SMILES string of the molecule is CC(C)(C)C=C(CC(C)(C)C)CC(C)(C)C. The van der Waals surface area contributed by atoms with Gasteiger partial charge in [0.25, 0.3) is 0 Å². The van der Waals surface area contributed by atoms with Crippen LogP contribution in [0.15, 0.2) is 11.6 Å². The molecule has 0 amide bonds. The molecule has 96 valence electrons. The summed E-state index contributed by atoms with van der Waals surface area (Å²) in [4.78, 5) is 0. The lowest BCUT2D eigenvalue weighted by atomic mass is 9.78. The van der Waals surface area contributed by atoms with Gasteiger partial charge in [-0.25, -0.2) is 0 Å². The van der Waals surface area contributed by atoms with E-state index in [2.05, 4.69) is 68.4 Å². The largest absolute Gasteiger partial charge is 0.0799 e.